The minimum absolute atomic E-state index is 0.0329. The number of carbonyl (C=O) groups is 1. The highest BCUT2D eigenvalue weighted by Gasteiger charge is 2.16. The van der Waals surface area contributed by atoms with Crippen molar-refractivity contribution in [2.75, 3.05) is 6.61 Å². The number of nitrogens with zero attached hydrogens (tertiary/aromatic N) is 1. The van der Waals surface area contributed by atoms with Gasteiger partial charge in [0, 0.05) is 11.2 Å². The molecule has 0 aliphatic heterocycles. The Kier molecular flexibility index (Phi) is 4.45. The Labute approximate surface area is 119 Å². The molecule has 1 amide bonds. The molecule has 1 unspecified atom stereocenters. The van der Waals surface area contributed by atoms with Gasteiger partial charge in [-0.3, -0.25) is 4.79 Å². The van der Waals surface area contributed by atoms with Crippen LogP contribution in [0.3, 0.4) is 0 Å². The number of aryl methyl sites for hydroxylation is 1. The summed E-state index contributed by atoms with van der Waals surface area (Å²) in [5.41, 5.74) is 2.12. The molecule has 0 aliphatic rings. The van der Waals surface area contributed by atoms with Crippen LogP contribution in [0.25, 0.3) is 10.9 Å². The molecule has 1 atom stereocenters. The number of aliphatic hydroxyl groups excluding tert-OH is 1. The molecule has 0 bridgehead atoms. The number of aromatic nitrogens is 1. The summed E-state index contributed by atoms with van der Waals surface area (Å²) in [6.07, 6.45) is 0. The Hall–Kier alpha value is -1.81. The van der Waals surface area contributed by atoms with Crippen molar-refractivity contribution in [3.63, 3.8) is 0 Å². The van der Waals surface area contributed by atoms with Gasteiger partial charge in [0.05, 0.1) is 12.6 Å². The Bertz CT molecular complexity index is 602. The van der Waals surface area contributed by atoms with Crippen LogP contribution in [0.5, 0.6) is 0 Å². The molecule has 2 rings (SSSR count). The van der Waals surface area contributed by atoms with Crippen molar-refractivity contribution in [2.24, 2.45) is 5.92 Å². The fourth-order valence-electron chi connectivity index (χ4n) is 2.38. The van der Waals surface area contributed by atoms with Gasteiger partial charge >= 0.3 is 0 Å². The van der Waals surface area contributed by atoms with Gasteiger partial charge < -0.3 is 15.0 Å². The lowest BCUT2D eigenvalue weighted by Gasteiger charge is -2.20. The molecule has 0 radical (unpaired) electrons. The summed E-state index contributed by atoms with van der Waals surface area (Å²) in [6, 6.07) is 9.91. The van der Waals surface area contributed by atoms with E-state index >= 15 is 0 Å². The number of rotatable bonds is 5. The second-order valence-corrected chi connectivity index (χ2v) is 5.53. The van der Waals surface area contributed by atoms with E-state index in [0.29, 0.717) is 0 Å². The van der Waals surface area contributed by atoms with Gasteiger partial charge in [0.1, 0.15) is 6.54 Å². The molecular weight excluding hydrogens is 252 g/mol. The zero-order valence-electron chi connectivity index (χ0n) is 12.3. The number of para-hydroxylation sites is 1. The van der Waals surface area contributed by atoms with Crippen molar-refractivity contribution < 1.29 is 9.90 Å². The third-order valence-corrected chi connectivity index (χ3v) is 3.67. The molecule has 4 nitrogen and oxygen atoms in total. The van der Waals surface area contributed by atoms with Crippen molar-refractivity contribution in [3.8, 4) is 0 Å². The highest BCUT2D eigenvalue weighted by Crippen LogP contribution is 2.18. The summed E-state index contributed by atoms with van der Waals surface area (Å²) in [7, 11) is 0. The highest BCUT2D eigenvalue weighted by molar-refractivity contribution is 5.84. The predicted octanol–water partition coefficient (Wildman–Crippen LogP) is 2.08. The SMILES string of the molecule is Cc1cc2ccccc2n1CC(=O)NC(CO)C(C)C. The average molecular weight is 274 g/mol. The minimum Gasteiger partial charge on any atom is -0.394 e. The molecule has 108 valence electrons. The number of benzene rings is 1. The van der Waals surface area contributed by atoms with E-state index in [2.05, 4.69) is 11.4 Å². The number of fused-ring (bicyclic) bond motifs is 1. The summed E-state index contributed by atoms with van der Waals surface area (Å²) >= 11 is 0. The Morgan fingerprint density at radius 2 is 2.05 bits per heavy atom. The van der Waals surface area contributed by atoms with E-state index in [9.17, 15) is 9.90 Å². The molecule has 1 heterocycles. The maximum Gasteiger partial charge on any atom is 0.240 e. The Balaban J connectivity index is 2.16. The summed E-state index contributed by atoms with van der Waals surface area (Å²) < 4.78 is 2.00. The number of amides is 1. The molecular formula is C16H22N2O2. The lowest BCUT2D eigenvalue weighted by Crippen LogP contribution is -2.42. The van der Waals surface area contributed by atoms with Crippen LogP contribution in [0.2, 0.25) is 0 Å². The average Bonchev–Trinajstić information content (AvgIpc) is 2.72. The van der Waals surface area contributed by atoms with E-state index in [0.717, 1.165) is 16.6 Å². The Morgan fingerprint density at radius 3 is 2.70 bits per heavy atom. The normalized spacial score (nSPS) is 12.8. The molecule has 0 aliphatic carbocycles. The van der Waals surface area contributed by atoms with E-state index in [1.165, 1.54) is 0 Å². The van der Waals surface area contributed by atoms with E-state index in [1.54, 1.807) is 0 Å². The van der Waals surface area contributed by atoms with Crippen LogP contribution < -0.4 is 5.32 Å². The van der Waals surface area contributed by atoms with Crippen LogP contribution in [0.4, 0.5) is 0 Å². The lowest BCUT2D eigenvalue weighted by atomic mass is 10.1. The van der Waals surface area contributed by atoms with Gasteiger partial charge in [-0.2, -0.15) is 0 Å². The van der Waals surface area contributed by atoms with Crippen LogP contribution in [0.15, 0.2) is 30.3 Å². The minimum atomic E-state index is -0.190. The predicted molar refractivity (Wildman–Crippen MR) is 80.5 cm³/mol. The summed E-state index contributed by atoms with van der Waals surface area (Å²) in [5.74, 6) is 0.147. The maximum absolute atomic E-state index is 12.1. The second-order valence-electron chi connectivity index (χ2n) is 5.53. The van der Waals surface area contributed by atoms with Gasteiger partial charge in [0.25, 0.3) is 0 Å². The van der Waals surface area contributed by atoms with Gasteiger partial charge in [-0.15, -0.1) is 0 Å². The number of carbonyl (C=O) groups excluding carboxylic acids is 1. The molecule has 0 spiro atoms. The summed E-state index contributed by atoms with van der Waals surface area (Å²) in [5, 5.41) is 13.3. The van der Waals surface area contributed by atoms with Crippen molar-refractivity contribution in [1.82, 2.24) is 9.88 Å². The van der Waals surface area contributed by atoms with Crippen molar-refractivity contribution in [3.05, 3.63) is 36.0 Å². The van der Waals surface area contributed by atoms with Gasteiger partial charge in [-0.1, -0.05) is 32.0 Å². The smallest absolute Gasteiger partial charge is 0.240 e. The van der Waals surface area contributed by atoms with Gasteiger partial charge in [-0.05, 0) is 30.4 Å². The number of aliphatic hydroxyl groups is 1. The fourth-order valence-corrected chi connectivity index (χ4v) is 2.38. The molecule has 1 aromatic carbocycles. The fraction of sp³-hybridized carbons (Fsp3) is 0.438. The zero-order valence-corrected chi connectivity index (χ0v) is 12.3. The van der Waals surface area contributed by atoms with Crippen molar-refractivity contribution in [2.45, 2.75) is 33.4 Å². The standard InChI is InChI=1S/C16H22N2O2/c1-11(2)14(10-19)17-16(20)9-18-12(3)8-13-6-4-5-7-15(13)18/h4-8,11,14,19H,9-10H2,1-3H3,(H,17,20). The maximum atomic E-state index is 12.1. The molecule has 1 aromatic heterocycles. The molecule has 2 N–H and O–H groups in total. The van der Waals surface area contributed by atoms with Gasteiger partial charge in [0.15, 0.2) is 0 Å². The summed E-state index contributed by atoms with van der Waals surface area (Å²) in [4.78, 5) is 12.1. The number of nitrogens with one attached hydrogen (secondary N) is 1. The van der Waals surface area contributed by atoms with Crippen LogP contribution in [0, 0.1) is 12.8 Å². The molecule has 4 heteroatoms. The van der Waals surface area contributed by atoms with Crippen molar-refractivity contribution in [1.29, 1.82) is 0 Å². The largest absolute Gasteiger partial charge is 0.394 e. The quantitative estimate of drug-likeness (QED) is 0.877. The monoisotopic (exact) mass is 274 g/mol. The first-order valence-electron chi connectivity index (χ1n) is 6.98. The van der Waals surface area contributed by atoms with Crippen molar-refractivity contribution >= 4 is 16.8 Å². The van der Waals surface area contributed by atoms with Crippen LogP contribution in [0.1, 0.15) is 19.5 Å². The molecule has 20 heavy (non-hydrogen) atoms. The third kappa shape index (κ3) is 3.02. The Morgan fingerprint density at radius 1 is 1.35 bits per heavy atom. The molecule has 0 fully saturated rings. The van der Waals surface area contributed by atoms with E-state index in [-0.39, 0.29) is 31.0 Å². The molecule has 0 saturated carbocycles. The lowest BCUT2D eigenvalue weighted by molar-refractivity contribution is -0.123. The third-order valence-electron chi connectivity index (χ3n) is 3.67. The highest BCUT2D eigenvalue weighted by atomic mass is 16.3. The van der Waals surface area contributed by atoms with E-state index in [4.69, 9.17) is 0 Å². The van der Waals surface area contributed by atoms with E-state index < -0.39 is 0 Å². The first-order valence-corrected chi connectivity index (χ1v) is 6.98. The zero-order chi connectivity index (χ0) is 14.7. The van der Waals surface area contributed by atoms with Crippen LogP contribution in [-0.4, -0.2) is 28.2 Å². The first kappa shape index (κ1) is 14.6. The molecule has 2 aromatic rings. The number of hydrogen-bond donors (Lipinski definition) is 2. The summed E-state index contributed by atoms with van der Waals surface area (Å²) in [6.45, 7) is 6.21. The first-order chi connectivity index (χ1) is 9.52. The van der Waals surface area contributed by atoms with Crippen LogP contribution in [-0.2, 0) is 11.3 Å². The second kappa shape index (κ2) is 6.09. The topological polar surface area (TPSA) is 54.3 Å². The van der Waals surface area contributed by atoms with Gasteiger partial charge in [-0.25, -0.2) is 0 Å². The van der Waals surface area contributed by atoms with Gasteiger partial charge in [0.2, 0.25) is 5.91 Å². The molecule has 0 saturated heterocycles. The van der Waals surface area contributed by atoms with Crippen LogP contribution >= 0.6 is 0 Å². The van der Waals surface area contributed by atoms with E-state index in [1.807, 2.05) is 49.6 Å². The number of hydrogen-bond acceptors (Lipinski definition) is 2.